The minimum atomic E-state index is 0.142. The van der Waals surface area contributed by atoms with E-state index in [-0.39, 0.29) is 27.5 Å². The first kappa shape index (κ1) is 15.1. The highest BCUT2D eigenvalue weighted by Gasteiger charge is 2.17. The van der Waals surface area contributed by atoms with Gasteiger partial charge >= 0.3 is 0 Å². The van der Waals surface area contributed by atoms with Crippen LogP contribution in [0.1, 0.15) is 0 Å². The van der Waals surface area contributed by atoms with Crippen molar-refractivity contribution in [3.05, 3.63) is 35.1 Å². The average molecular weight is 327 g/mol. The van der Waals surface area contributed by atoms with E-state index in [2.05, 4.69) is 20.6 Å². The number of hydrogen-bond acceptors (Lipinski definition) is 7. The first-order chi connectivity index (χ1) is 10.1. The molecule has 1 aromatic rings. The molecule has 0 saturated carbocycles. The van der Waals surface area contributed by atoms with Gasteiger partial charge in [0.25, 0.3) is 0 Å². The van der Waals surface area contributed by atoms with Crippen LogP contribution in [0.25, 0.3) is 0 Å². The topological polar surface area (TPSA) is 108 Å². The second kappa shape index (κ2) is 6.47. The standard InChI is InChI=1S/C12H12Cl2N6O/c1-17-10-8(13)7(5-20-12(10)16)21-6(4-15)9-11(14)19-3-2-18-9/h2-5,15,17-18H,1H3,(H2,16,20)/b9-6+,15-4?. The lowest BCUT2D eigenvalue weighted by molar-refractivity contribution is 0.449. The number of nitrogens with one attached hydrogen (secondary N) is 3. The van der Waals surface area contributed by atoms with Crippen molar-refractivity contribution >= 4 is 46.1 Å². The predicted octanol–water partition coefficient (Wildman–Crippen LogP) is 2.31. The molecule has 1 aromatic heterocycles. The lowest BCUT2D eigenvalue weighted by Crippen LogP contribution is -2.20. The molecule has 5 N–H and O–H groups in total. The van der Waals surface area contributed by atoms with Gasteiger partial charge in [0.1, 0.15) is 16.5 Å². The van der Waals surface area contributed by atoms with Crippen LogP contribution in [0.15, 0.2) is 35.0 Å². The van der Waals surface area contributed by atoms with Gasteiger partial charge in [0, 0.05) is 19.4 Å². The van der Waals surface area contributed by atoms with Gasteiger partial charge in [-0.2, -0.15) is 0 Å². The molecule has 0 unspecified atom stereocenters. The fourth-order valence-electron chi connectivity index (χ4n) is 1.59. The Labute approximate surface area is 131 Å². The predicted molar refractivity (Wildman–Crippen MR) is 85.2 cm³/mol. The molecule has 0 aliphatic carbocycles. The summed E-state index contributed by atoms with van der Waals surface area (Å²) in [4.78, 5) is 7.88. The van der Waals surface area contributed by atoms with E-state index in [0.29, 0.717) is 11.4 Å². The van der Waals surface area contributed by atoms with E-state index >= 15 is 0 Å². The Morgan fingerprint density at radius 3 is 2.90 bits per heavy atom. The molecular formula is C12H12Cl2N6O. The Balaban J connectivity index is 2.41. The number of aliphatic imine (C=N–C) groups is 1. The number of rotatable bonds is 4. The van der Waals surface area contributed by atoms with Crippen LogP contribution >= 0.6 is 23.2 Å². The van der Waals surface area contributed by atoms with E-state index in [1.807, 2.05) is 0 Å². The number of aromatic nitrogens is 1. The zero-order valence-electron chi connectivity index (χ0n) is 10.9. The van der Waals surface area contributed by atoms with Crippen LogP contribution in [0.2, 0.25) is 5.02 Å². The molecule has 0 aromatic carbocycles. The van der Waals surface area contributed by atoms with Crippen LogP contribution in [0.3, 0.4) is 0 Å². The van der Waals surface area contributed by atoms with Gasteiger partial charge in [0.05, 0.1) is 18.1 Å². The average Bonchev–Trinajstić information content (AvgIpc) is 2.48. The molecule has 1 aliphatic heterocycles. The van der Waals surface area contributed by atoms with Crippen molar-refractivity contribution in [2.24, 2.45) is 4.99 Å². The highest BCUT2D eigenvalue weighted by molar-refractivity contribution is 6.69. The third-order valence-corrected chi connectivity index (χ3v) is 3.22. The van der Waals surface area contributed by atoms with Gasteiger partial charge in [0.2, 0.25) is 0 Å². The third-order valence-electron chi connectivity index (χ3n) is 2.56. The second-order valence-electron chi connectivity index (χ2n) is 3.81. The lowest BCUT2D eigenvalue weighted by atomic mass is 10.3. The summed E-state index contributed by atoms with van der Waals surface area (Å²) < 4.78 is 5.59. The number of anilines is 2. The van der Waals surface area contributed by atoms with Crippen LogP contribution < -0.4 is 21.1 Å². The molecule has 0 atom stereocenters. The fourth-order valence-corrected chi connectivity index (χ4v) is 2.07. The summed E-state index contributed by atoms with van der Waals surface area (Å²) in [5.74, 6) is 0.628. The van der Waals surface area contributed by atoms with E-state index < -0.39 is 0 Å². The summed E-state index contributed by atoms with van der Waals surface area (Å²) in [6, 6.07) is 0. The van der Waals surface area contributed by atoms with Crippen molar-refractivity contribution in [1.82, 2.24) is 10.3 Å². The van der Waals surface area contributed by atoms with Crippen LogP contribution in [0, 0.1) is 5.41 Å². The smallest absolute Gasteiger partial charge is 0.171 e. The Hall–Kier alpha value is -2.25. The van der Waals surface area contributed by atoms with Crippen molar-refractivity contribution < 1.29 is 4.74 Å². The molecule has 0 radical (unpaired) electrons. The summed E-state index contributed by atoms with van der Waals surface area (Å²) in [6.45, 7) is 0. The molecule has 0 fully saturated rings. The van der Waals surface area contributed by atoms with Gasteiger partial charge in [-0.05, 0) is 0 Å². The van der Waals surface area contributed by atoms with Gasteiger partial charge in [-0.1, -0.05) is 23.2 Å². The van der Waals surface area contributed by atoms with Crippen LogP contribution in [-0.4, -0.2) is 23.4 Å². The van der Waals surface area contributed by atoms with Crippen molar-refractivity contribution in [2.75, 3.05) is 18.1 Å². The SMILES string of the molecule is CNc1c(N)ncc(O/C(C=N)=C2/NC=CN=C2Cl)c1Cl. The van der Waals surface area contributed by atoms with E-state index in [4.69, 9.17) is 39.1 Å². The number of ether oxygens (including phenoxy) is 1. The number of pyridine rings is 1. The van der Waals surface area contributed by atoms with Gasteiger partial charge in [-0.15, -0.1) is 0 Å². The van der Waals surface area contributed by atoms with Gasteiger partial charge < -0.3 is 26.5 Å². The number of nitrogen functional groups attached to an aromatic ring is 1. The second-order valence-corrected chi connectivity index (χ2v) is 4.55. The van der Waals surface area contributed by atoms with E-state index in [1.165, 1.54) is 12.4 Å². The molecule has 2 rings (SSSR count). The minimum Gasteiger partial charge on any atom is -0.450 e. The summed E-state index contributed by atoms with van der Waals surface area (Å²) in [5.41, 5.74) is 6.50. The first-order valence-electron chi connectivity index (χ1n) is 5.78. The largest absolute Gasteiger partial charge is 0.450 e. The molecule has 0 amide bonds. The summed E-state index contributed by atoms with van der Waals surface area (Å²) in [6.07, 6.45) is 5.41. The molecule has 2 heterocycles. The molecule has 0 spiro atoms. The highest BCUT2D eigenvalue weighted by Crippen LogP contribution is 2.35. The summed E-state index contributed by atoms with van der Waals surface area (Å²) in [5, 5.41) is 13.6. The Bertz CT molecular complexity index is 668. The lowest BCUT2D eigenvalue weighted by Gasteiger charge is -2.16. The molecule has 9 heteroatoms. The first-order valence-corrected chi connectivity index (χ1v) is 6.53. The third kappa shape index (κ3) is 3.09. The van der Waals surface area contributed by atoms with Crippen molar-refractivity contribution in [1.29, 1.82) is 5.41 Å². The molecule has 7 nitrogen and oxygen atoms in total. The normalized spacial score (nSPS) is 15.9. The number of nitrogens with zero attached hydrogens (tertiary/aromatic N) is 2. The Kier molecular flexibility index (Phi) is 4.66. The quantitative estimate of drug-likeness (QED) is 0.501. The maximum absolute atomic E-state index is 7.46. The van der Waals surface area contributed by atoms with Crippen molar-refractivity contribution in [3.8, 4) is 5.75 Å². The Morgan fingerprint density at radius 1 is 1.52 bits per heavy atom. The molecular weight excluding hydrogens is 315 g/mol. The van der Waals surface area contributed by atoms with Crippen LogP contribution in [-0.2, 0) is 0 Å². The molecule has 0 bridgehead atoms. The molecule has 0 saturated heterocycles. The molecule has 1 aliphatic rings. The minimum absolute atomic E-state index is 0.142. The van der Waals surface area contributed by atoms with Crippen LogP contribution in [0.4, 0.5) is 11.5 Å². The van der Waals surface area contributed by atoms with Gasteiger partial charge in [-0.25, -0.2) is 9.98 Å². The monoisotopic (exact) mass is 326 g/mol. The Morgan fingerprint density at radius 2 is 2.29 bits per heavy atom. The highest BCUT2D eigenvalue weighted by atomic mass is 35.5. The van der Waals surface area contributed by atoms with Crippen LogP contribution in [0.5, 0.6) is 5.75 Å². The van der Waals surface area contributed by atoms with Crippen molar-refractivity contribution in [2.45, 2.75) is 0 Å². The molecule has 21 heavy (non-hydrogen) atoms. The number of hydrogen-bond donors (Lipinski definition) is 4. The number of nitrogens with two attached hydrogens (primary N) is 1. The summed E-state index contributed by atoms with van der Waals surface area (Å²) >= 11 is 12.1. The fraction of sp³-hybridized carbons (Fsp3) is 0.0833. The molecule has 110 valence electrons. The maximum atomic E-state index is 7.46. The van der Waals surface area contributed by atoms with Gasteiger partial charge in [-0.3, -0.25) is 0 Å². The zero-order valence-corrected chi connectivity index (χ0v) is 12.5. The zero-order chi connectivity index (χ0) is 15.4. The van der Waals surface area contributed by atoms with Gasteiger partial charge in [0.15, 0.2) is 16.7 Å². The summed E-state index contributed by atoms with van der Waals surface area (Å²) in [7, 11) is 1.66. The number of allylic oxidation sites excluding steroid dienone is 2. The maximum Gasteiger partial charge on any atom is 0.171 e. The van der Waals surface area contributed by atoms with Crippen molar-refractivity contribution in [3.63, 3.8) is 0 Å². The number of halogens is 2. The van der Waals surface area contributed by atoms with E-state index in [0.717, 1.165) is 6.21 Å². The van der Waals surface area contributed by atoms with E-state index in [1.54, 1.807) is 13.2 Å². The van der Waals surface area contributed by atoms with E-state index in [9.17, 15) is 0 Å².